The minimum Gasteiger partial charge on any atom is -0.490 e. The molecule has 0 saturated heterocycles. The smallest absolute Gasteiger partial charge is 0.129 e. The van der Waals surface area contributed by atoms with Gasteiger partial charge in [-0.05, 0) is 31.0 Å². The Hall–Kier alpha value is -1.49. The van der Waals surface area contributed by atoms with Crippen LogP contribution in [0.2, 0.25) is 0 Å². The first-order valence-electron chi connectivity index (χ1n) is 5.89. The predicted molar refractivity (Wildman–Crippen MR) is 74.4 cm³/mol. The molecule has 0 aliphatic heterocycles. The molecule has 4 nitrogen and oxygen atoms in total. The zero-order valence-electron chi connectivity index (χ0n) is 10.1. The number of nitrogens with two attached hydrogens (primary N) is 1. The molecule has 5 heteroatoms. The fourth-order valence-corrected chi connectivity index (χ4v) is 2.20. The lowest BCUT2D eigenvalue weighted by molar-refractivity contribution is 0.304. The number of aryl methyl sites for hydroxylation is 1. The van der Waals surface area contributed by atoms with E-state index < -0.39 is 0 Å². The molecule has 18 heavy (non-hydrogen) atoms. The number of benzene rings is 1. The lowest BCUT2D eigenvalue weighted by Crippen LogP contribution is -2.00. The van der Waals surface area contributed by atoms with Gasteiger partial charge in [0.1, 0.15) is 11.6 Å². The highest BCUT2D eigenvalue weighted by molar-refractivity contribution is 9.10. The van der Waals surface area contributed by atoms with Crippen LogP contribution in [0.15, 0.2) is 28.9 Å². The first-order chi connectivity index (χ1) is 8.65. The predicted octanol–water partition coefficient (Wildman–Crippen LogP) is 2.97. The van der Waals surface area contributed by atoms with Gasteiger partial charge in [-0.2, -0.15) is 5.10 Å². The first-order valence-corrected chi connectivity index (χ1v) is 6.68. The topological polar surface area (TPSA) is 53.1 Å². The molecule has 0 radical (unpaired) electrons. The number of hydrogen-bond acceptors (Lipinski definition) is 3. The fourth-order valence-electron chi connectivity index (χ4n) is 1.84. The second kappa shape index (κ2) is 4.31. The van der Waals surface area contributed by atoms with Gasteiger partial charge in [-0.1, -0.05) is 15.9 Å². The number of aromatic nitrogens is 2. The Morgan fingerprint density at radius 3 is 2.78 bits per heavy atom. The summed E-state index contributed by atoms with van der Waals surface area (Å²) in [6.45, 7) is 0. The van der Waals surface area contributed by atoms with Crippen molar-refractivity contribution in [3.8, 4) is 16.9 Å². The Kier molecular flexibility index (Phi) is 2.78. The average molecular weight is 308 g/mol. The third-order valence-corrected chi connectivity index (χ3v) is 3.53. The molecule has 94 valence electrons. The number of anilines is 1. The van der Waals surface area contributed by atoms with Crippen molar-refractivity contribution in [2.24, 2.45) is 7.05 Å². The van der Waals surface area contributed by atoms with Gasteiger partial charge in [0.05, 0.1) is 12.3 Å². The van der Waals surface area contributed by atoms with Crippen molar-refractivity contribution in [3.63, 3.8) is 0 Å². The van der Waals surface area contributed by atoms with Gasteiger partial charge in [0.25, 0.3) is 0 Å². The van der Waals surface area contributed by atoms with Gasteiger partial charge in [-0.15, -0.1) is 0 Å². The van der Waals surface area contributed by atoms with Crippen molar-refractivity contribution < 1.29 is 4.74 Å². The van der Waals surface area contributed by atoms with Crippen molar-refractivity contribution in [3.05, 3.63) is 28.9 Å². The quantitative estimate of drug-likeness (QED) is 0.948. The third-order valence-electron chi connectivity index (χ3n) is 3.03. The number of rotatable bonds is 3. The van der Waals surface area contributed by atoms with Crippen LogP contribution in [-0.4, -0.2) is 15.9 Å². The second-order valence-corrected chi connectivity index (χ2v) is 5.44. The van der Waals surface area contributed by atoms with Crippen molar-refractivity contribution in [2.45, 2.75) is 18.9 Å². The maximum atomic E-state index is 6.03. The van der Waals surface area contributed by atoms with Crippen LogP contribution < -0.4 is 10.5 Å². The van der Waals surface area contributed by atoms with Crippen LogP contribution in [0, 0.1) is 0 Å². The van der Waals surface area contributed by atoms with Crippen LogP contribution in [0.1, 0.15) is 12.8 Å². The first kappa shape index (κ1) is 11.6. The summed E-state index contributed by atoms with van der Waals surface area (Å²) >= 11 is 3.48. The minimum atomic E-state index is 0.364. The summed E-state index contributed by atoms with van der Waals surface area (Å²) in [5.41, 5.74) is 7.93. The van der Waals surface area contributed by atoms with Crippen LogP contribution in [0.5, 0.6) is 5.75 Å². The molecule has 0 unspecified atom stereocenters. The van der Waals surface area contributed by atoms with E-state index in [1.54, 1.807) is 10.9 Å². The van der Waals surface area contributed by atoms with E-state index >= 15 is 0 Å². The van der Waals surface area contributed by atoms with E-state index in [9.17, 15) is 0 Å². The standard InChI is InChI=1S/C13H14BrN3O/c1-17-13(15)11(7-16-17)10-6-8(14)2-5-12(10)18-9-3-4-9/h2,5-7,9H,3-4,15H2,1H3. The zero-order valence-corrected chi connectivity index (χ0v) is 11.6. The summed E-state index contributed by atoms with van der Waals surface area (Å²) in [4.78, 5) is 0. The number of hydrogen-bond donors (Lipinski definition) is 1. The van der Waals surface area contributed by atoms with Gasteiger partial charge >= 0.3 is 0 Å². The number of ether oxygens (including phenoxy) is 1. The van der Waals surface area contributed by atoms with Gasteiger partial charge in [-0.3, -0.25) is 4.68 Å². The largest absolute Gasteiger partial charge is 0.490 e. The Bertz CT molecular complexity index is 590. The van der Waals surface area contributed by atoms with Crippen molar-refractivity contribution in [2.75, 3.05) is 5.73 Å². The van der Waals surface area contributed by atoms with E-state index in [-0.39, 0.29) is 0 Å². The Morgan fingerprint density at radius 2 is 2.17 bits per heavy atom. The highest BCUT2D eigenvalue weighted by atomic mass is 79.9. The Labute approximate surface area is 114 Å². The molecular formula is C13H14BrN3O. The van der Waals surface area contributed by atoms with Crippen molar-refractivity contribution in [1.29, 1.82) is 0 Å². The number of halogens is 1. The average Bonchev–Trinajstić information content (AvgIpc) is 3.10. The molecule has 1 aliphatic carbocycles. The molecule has 1 heterocycles. The molecule has 1 saturated carbocycles. The van der Waals surface area contributed by atoms with Crippen molar-refractivity contribution >= 4 is 21.7 Å². The lowest BCUT2D eigenvalue weighted by atomic mass is 10.1. The number of nitrogen functional groups attached to an aromatic ring is 1. The molecule has 2 N–H and O–H groups in total. The Morgan fingerprint density at radius 1 is 1.39 bits per heavy atom. The summed E-state index contributed by atoms with van der Waals surface area (Å²) < 4.78 is 8.58. The normalized spacial score (nSPS) is 14.8. The van der Waals surface area contributed by atoms with Gasteiger partial charge in [-0.25, -0.2) is 0 Å². The molecule has 0 amide bonds. The Balaban J connectivity index is 2.07. The van der Waals surface area contributed by atoms with E-state index in [4.69, 9.17) is 10.5 Å². The molecule has 3 rings (SSSR count). The summed E-state index contributed by atoms with van der Waals surface area (Å²) in [7, 11) is 1.83. The van der Waals surface area contributed by atoms with Gasteiger partial charge in [0.2, 0.25) is 0 Å². The molecule has 1 aromatic carbocycles. The highest BCUT2D eigenvalue weighted by Gasteiger charge is 2.25. The maximum Gasteiger partial charge on any atom is 0.129 e. The highest BCUT2D eigenvalue weighted by Crippen LogP contribution is 2.38. The van der Waals surface area contributed by atoms with Crippen molar-refractivity contribution in [1.82, 2.24) is 9.78 Å². The second-order valence-electron chi connectivity index (χ2n) is 4.52. The third kappa shape index (κ3) is 2.10. The van der Waals surface area contributed by atoms with Gasteiger partial charge in [0, 0.05) is 22.6 Å². The minimum absolute atomic E-state index is 0.364. The van der Waals surface area contributed by atoms with Gasteiger partial charge < -0.3 is 10.5 Å². The van der Waals surface area contributed by atoms with Gasteiger partial charge in [0.15, 0.2) is 0 Å². The van der Waals surface area contributed by atoms with E-state index in [1.807, 2.05) is 25.2 Å². The molecule has 1 fully saturated rings. The van der Waals surface area contributed by atoms with Crippen LogP contribution in [0.4, 0.5) is 5.82 Å². The summed E-state index contributed by atoms with van der Waals surface area (Å²) in [6, 6.07) is 5.98. The van der Waals surface area contributed by atoms with Crippen LogP contribution in [-0.2, 0) is 7.05 Å². The molecule has 1 aliphatic rings. The monoisotopic (exact) mass is 307 g/mol. The van der Waals surface area contributed by atoms with E-state index in [2.05, 4.69) is 21.0 Å². The molecule has 0 spiro atoms. The molecule has 2 aromatic rings. The summed E-state index contributed by atoms with van der Waals surface area (Å²) in [5.74, 6) is 1.52. The maximum absolute atomic E-state index is 6.03. The molecule has 1 aromatic heterocycles. The van der Waals surface area contributed by atoms with Crippen LogP contribution >= 0.6 is 15.9 Å². The molecule has 0 atom stereocenters. The van der Waals surface area contributed by atoms with E-state index in [0.717, 1.165) is 34.2 Å². The van der Waals surface area contributed by atoms with E-state index in [0.29, 0.717) is 11.9 Å². The van der Waals surface area contributed by atoms with E-state index in [1.165, 1.54) is 0 Å². The summed E-state index contributed by atoms with van der Waals surface area (Å²) in [5, 5.41) is 4.18. The van der Waals surface area contributed by atoms with Crippen LogP contribution in [0.3, 0.4) is 0 Å². The lowest BCUT2D eigenvalue weighted by Gasteiger charge is -2.11. The SMILES string of the molecule is Cn1ncc(-c2cc(Br)ccc2OC2CC2)c1N. The fraction of sp³-hybridized carbons (Fsp3) is 0.308. The van der Waals surface area contributed by atoms with Crippen LogP contribution in [0.25, 0.3) is 11.1 Å². The molecule has 0 bridgehead atoms. The zero-order chi connectivity index (χ0) is 12.7. The summed E-state index contributed by atoms with van der Waals surface area (Å²) in [6.07, 6.45) is 4.41. The number of nitrogens with zero attached hydrogens (tertiary/aromatic N) is 2. The molecular weight excluding hydrogens is 294 g/mol.